The first-order chi connectivity index (χ1) is 13.2. The van der Waals surface area contributed by atoms with Crippen LogP contribution in [0.2, 0.25) is 5.02 Å². The Labute approximate surface area is 163 Å². The van der Waals surface area contributed by atoms with Gasteiger partial charge in [-0.15, -0.1) is 0 Å². The third kappa shape index (κ3) is 3.69. The number of nitrogens with two attached hydrogens (primary N) is 1. The van der Waals surface area contributed by atoms with Gasteiger partial charge < -0.3 is 21.1 Å². The molecule has 9 nitrogen and oxygen atoms in total. The van der Waals surface area contributed by atoms with Crippen molar-refractivity contribution in [2.75, 3.05) is 11.4 Å². The largest absolute Gasteiger partial charge is 0.372 e. The second-order valence-corrected chi connectivity index (χ2v) is 6.73. The number of carbonyl (C=O) groups excluding carboxylic acids is 3. The second kappa shape index (κ2) is 7.56. The molecule has 0 aliphatic carbocycles. The van der Waals surface area contributed by atoms with Crippen molar-refractivity contribution in [1.29, 1.82) is 0 Å². The van der Waals surface area contributed by atoms with Gasteiger partial charge in [-0.05, 0) is 6.07 Å². The van der Waals surface area contributed by atoms with E-state index in [1.54, 1.807) is 0 Å². The Kier molecular flexibility index (Phi) is 5.34. The molecular formula is C17H17ClFN5O4. The molecule has 3 rings (SSSR count). The molecule has 1 fully saturated rings. The summed E-state index contributed by atoms with van der Waals surface area (Å²) in [5, 5.41) is 16.8. The van der Waals surface area contributed by atoms with Crippen LogP contribution in [-0.2, 0) is 27.5 Å². The van der Waals surface area contributed by atoms with Crippen molar-refractivity contribution in [3.63, 3.8) is 0 Å². The number of nitrogens with zero attached hydrogens (tertiary/aromatic N) is 3. The standard InChI is InChI=1S/C17H17ClFN5O4/c18-12-3-1-2-10(14(12)19)6-21-15(26)17(28)4-5-24(16(17)27)11-7-22-23(8-11)9-13(20)25/h1-3,7-8,28H,4-6,9H2,(H2,20,25)(H,21,26). The van der Waals surface area contributed by atoms with E-state index in [2.05, 4.69) is 10.4 Å². The number of aliphatic hydroxyl groups is 1. The summed E-state index contributed by atoms with van der Waals surface area (Å²) in [5.74, 6) is -3.07. The lowest BCUT2D eigenvalue weighted by atomic mass is 10.0. The Hall–Kier alpha value is -2.98. The average molecular weight is 410 g/mol. The maximum absolute atomic E-state index is 13.9. The normalized spacial score (nSPS) is 19.1. The summed E-state index contributed by atoms with van der Waals surface area (Å²) in [5.41, 5.74) is 3.24. The van der Waals surface area contributed by atoms with Crippen molar-refractivity contribution < 1.29 is 23.9 Å². The number of amides is 3. The topological polar surface area (TPSA) is 131 Å². The number of rotatable bonds is 6. The Balaban J connectivity index is 1.69. The summed E-state index contributed by atoms with van der Waals surface area (Å²) in [6.07, 6.45) is 2.58. The molecule has 0 bridgehead atoms. The lowest BCUT2D eigenvalue weighted by Gasteiger charge is -2.21. The molecular weight excluding hydrogens is 393 g/mol. The number of anilines is 1. The number of benzene rings is 1. The Bertz CT molecular complexity index is 949. The maximum atomic E-state index is 13.9. The highest BCUT2D eigenvalue weighted by Gasteiger charge is 2.51. The zero-order valence-corrected chi connectivity index (χ0v) is 15.3. The lowest BCUT2D eigenvalue weighted by molar-refractivity contribution is -0.149. The quantitative estimate of drug-likeness (QED) is 0.575. The molecule has 4 N–H and O–H groups in total. The Morgan fingerprint density at radius 2 is 2.18 bits per heavy atom. The van der Waals surface area contributed by atoms with Gasteiger partial charge >= 0.3 is 0 Å². The predicted octanol–water partition coefficient (Wildman–Crippen LogP) is -0.0549. The third-order valence-electron chi connectivity index (χ3n) is 4.39. The van der Waals surface area contributed by atoms with Crippen LogP contribution in [0, 0.1) is 5.82 Å². The van der Waals surface area contributed by atoms with Crippen molar-refractivity contribution in [2.24, 2.45) is 5.73 Å². The number of halogens is 2. The number of primary amides is 1. The zero-order valence-electron chi connectivity index (χ0n) is 14.6. The van der Waals surface area contributed by atoms with Crippen LogP contribution in [0.3, 0.4) is 0 Å². The summed E-state index contributed by atoms with van der Waals surface area (Å²) >= 11 is 5.69. The van der Waals surface area contributed by atoms with Crippen molar-refractivity contribution in [1.82, 2.24) is 15.1 Å². The number of carbonyl (C=O) groups is 3. The number of aromatic nitrogens is 2. The van der Waals surface area contributed by atoms with Gasteiger partial charge in [0.1, 0.15) is 12.4 Å². The van der Waals surface area contributed by atoms with Gasteiger partial charge in [0.25, 0.3) is 11.8 Å². The van der Waals surface area contributed by atoms with Crippen LogP contribution in [-0.4, -0.2) is 44.8 Å². The Morgan fingerprint density at radius 3 is 2.89 bits per heavy atom. The highest BCUT2D eigenvalue weighted by atomic mass is 35.5. The van der Waals surface area contributed by atoms with E-state index in [4.69, 9.17) is 17.3 Å². The summed E-state index contributed by atoms with van der Waals surface area (Å²) in [4.78, 5) is 37.2. The van der Waals surface area contributed by atoms with Gasteiger partial charge in [-0.25, -0.2) is 4.39 Å². The van der Waals surface area contributed by atoms with Gasteiger partial charge in [-0.1, -0.05) is 23.7 Å². The predicted molar refractivity (Wildman–Crippen MR) is 96.6 cm³/mol. The van der Waals surface area contributed by atoms with Gasteiger partial charge in [0.15, 0.2) is 0 Å². The summed E-state index contributed by atoms with van der Waals surface area (Å²) in [6, 6.07) is 4.32. The van der Waals surface area contributed by atoms with Crippen molar-refractivity contribution in [2.45, 2.75) is 25.1 Å². The van der Waals surface area contributed by atoms with Gasteiger partial charge in [0, 0.05) is 31.3 Å². The smallest absolute Gasteiger partial charge is 0.268 e. The van der Waals surface area contributed by atoms with Crippen LogP contribution in [0.15, 0.2) is 30.6 Å². The molecule has 1 aliphatic heterocycles. The monoisotopic (exact) mass is 409 g/mol. The van der Waals surface area contributed by atoms with Crippen LogP contribution in [0.4, 0.5) is 10.1 Å². The minimum Gasteiger partial charge on any atom is -0.372 e. The highest BCUT2D eigenvalue weighted by molar-refractivity contribution is 6.30. The molecule has 148 valence electrons. The number of hydrogen-bond donors (Lipinski definition) is 3. The number of nitrogens with one attached hydrogen (secondary N) is 1. The van der Waals surface area contributed by atoms with Crippen LogP contribution >= 0.6 is 11.6 Å². The van der Waals surface area contributed by atoms with Gasteiger partial charge in [0.2, 0.25) is 11.5 Å². The molecule has 0 spiro atoms. The van der Waals surface area contributed by atoms with E-state index in [9.17, 15) is 23.9 Å². The van der Waals surface area contributed by atoms with E-state index in [-0.39, 0.29) is 36.6 Å². The molecule has 1 atom stereocenters. The minimum absolute atomic E-state index is 0.0660. The van der Waals surface area contributed by atoms with Crippen molar-refractivity contribution in [3.05, 3.63) is 47.0 Å². The van der Waals surface area contributed by atoms with Gasteiger partial charge in [0.05, 0.1) is 16.9 Å². The van der Waals surface area contributed by atoms with Crippen molar-refractivity contribution in [3.8, 4) is 0 Å². The lowest BCUT2D eigenvalue weighted by Crippen LogP contribution is -2.52. The van der Waals surface area contributed by atoms with Crippen LogP contribution < -0.4 is 16.0 Å². The molecule has 0 saturated carbocycles. The zero-order chi connectivity index (χ0) is 20.5. The maximum Gasteiger partial charge on any atom is 0.268 e. The summed E-state index contributed by atoms with van der Waals surface area (Å²) in [7, 11) is 0. The van der Waals surface area contributed by atoms with E-state index in [1.165, 1.54) is 40.2 Å². The van der Waals surface area contributed by atoms with E-state index >= 15 is 0 Å². The SMILES string of the molecule is NC(=O)Cn1cc(N2CCC(O)(C(=O)NCc3cccc(Cl)c3F)C2=O)cn1. The Morgan fingerprint density at radius 1 is 1.43 bits per heavy atom. The molecule has 0 radical (unpaired) electrons. The molecule has 11 heteroatoms. The van der Waals surface area contributed by atoms with E-state index in [0.29, 0.717) is 5.69 Å². The first kappa shape index (κ1) is 19.8. The minimum atomic E-state index is -2.29. The molecule has 2 heterocycles. The van der Waals surface area contributed by atoms with E-state index < -0.39 is 29.1 Å². The fraction of sp³-hybridized carbons (Fsp3) is 0.294. The fourth-order valence-electron chi connectivity index (χ4n) is 2.91. The molecule has 1 aromatic heterocycles. The van der Waals surface area contributed by atoms with Gasteiger partial charge in [-0.3, -0.25) is 19.1 Å². The summed E-state index contributed by atoms with van der Waals surface area (Å²) < 4.78 is 15.2. The molecule has 2 aromatic rings. The molecule has 1 aromatic carbocycles. The molecule has 1 aliphatic rings. The van der Waals surface area contributed by atoms with Crippen LogP contribution in [0.5, 0.6) is 0 Å². The first-order valence-electron chi connectivity index (χ1n) is 8.28. The molecule has 1 saturated heterocycles. The fourth-order valence-corrected chi connectivity index (χ4v) is 3.10. The third-order valence-corrected chi connectivity index (χ3v) is 4.68. The summed E-state index contributed by atoms with van der Waals surface area (Å²) in [6.45, 7) is -0.341. The van der Waals surface area contributed by atoms with Crippen LogP contribution in [0.1, 0.15) is 12.0 Å². The first-order valence-corrected chi connectivity index (χ1v) is 8.66. The highest BCUT2D eigenvalue weighted by Crippen LogP contribution is 2.28. The molecule has 28 heavy (non-hydrogen) atoms. The van der Waals surface area contributed by atoms with Gasteiger partial charge in [-0.2, -0.15) is 5.10 Å². The van der Waals surface area contributed by atoms with E-state index in [1.807, 2.05) is 0 Å². The van der Waals surface area contributed by atoms with E-state index in [0.717, 1.165) is 0 Å². The second-order valence-electron chi connectivity index (χ2n) is 6.33. The molecule has 1 unspecified atom stereocenters. The van der Waals surface area contributed by atoms with Crippen molar-refractivity contribution >= 4 is 35.0 Å². The van der Waals surface area contributed by atoms with Crippen LogP contribution in [0.25, 0.3) is 0 Å². The number of hydrogen-bond acceptors (Lipinski definition) is 5. The molecule has 3 amide bonds. The average Bonchev–Trinajstić information content (AvgIpc) is 3.21.